The maximum atomic E-state index is 12.0. The third-order valence-corrected chi connectivity index (χ3v) is 3.61. The highest BCUT2D eigenvalue weighted by atomic mass is 16.6. The quantitative estimate of drug-likeness (QED) is 0.621. The summed E-state index contributed by atoms with van der Waals surface area (Å²) in [4.78, 5) is 38.2. The monoisotopic (exact) mass is 296 g/mol. The third kappa shape index (κ3) is 3.36. The second kappa shape index (κ2) is 5.90. The first kappa shape index (κ1) is 14.9. The van der Waals surface area contributed by atoms with E-state index in [-0.39, 0.29) is 24.7 Å². The van der Waals surface area contributed by atoms with Crippen LogP contribution in [0.1, 0.15) is 18.7 Å². The second-order valence-corrected chi connectivity index (χ2v) is 5.01. The van der Waals surface area contributed by atoms with Crippen LogP contribution in [-0.2, 0) is 16.1 Å². The van der Waals surface area contributed by atoms with Gasteiger partial charge in [-0.1, -0.05) is 0 Å². The Hall–Kier alpha value is -2.45. The van der Waals surface area contributed by atoms with E-state index in [1.165, 1.54) is 11.1 Å². The van der Waals surface area contributed by atoms with Gasteiger partial charge in [-0.2, -0.15) is 0 Å². The molecule has 114 valence electrons. The predicted molar refractivity (Wildman–Crippen MR) is 70.6 cm³/mol. The van der Waals surface area contributed by atoms with Gasteiger partial charge < -0.3 is 24.7 Å². The second-order valence-electron chi connectivity index (χ2n) is 5.01. The van der Waals surface area contributed by atoms with Crippen molar-refractivity contribution in [3.63, 3.8) is 0 Å². The van der Waals surface area contributed by atoms with Crippen molar-refractivity contribution in [1.82, 2.24) is 14.5 Å². The lowest BCUT2D eigenvalue weighted by atomic mass is 10.1. The standard InChI is InChI=1S/C12H16N4O5/c1-8-13-10(16(20)21)7-14(8)5-3-11(17)15-4-2-9(6-15)12(18)19/h7,9H,2-6H2,1H3,(H,18,19). The van der Waals surface area contributed by atoms with Crippen LogP contribution in [-0.4, -0.2) is 49.4 Å². The number of rotatable bonds is 5. The van der Waals surface area contributed by atoms with Gasteiger partial charge in [-0.15, -0.1) is 0 Å². The van der Waals surface area contributed by atoms with Crippen LogP contribution in [0, 0.1) is 23.0 Å². The number of hydrogen-bond acceptors (Lipinski definition) is 5. The molecule has 0 aliphatic carbocycles. The average molecular weight is 296 g/mol. The Balaban J connectivity index is 1.90. The van der Waals surface area contributed by atoms with E-state index < -0.39 is 16.8 Å². The lowest BCUT2D eigenvalue weighted by Gasteiger charge is -2.15. The summed E-state index contributed by atoms with van der Waals surface area (Å²) in [5.41, 5.74) is 0. The molecule has 1 aromatic rings. The highest BCUT2D eigenvalue weighted by molar-refractivity contribution is 5.78. The Bertz CT molecular complexity index is 582. The van der Waals surface area contributed by atoms with Gasteiger partial charge in [0.2, 0.25) is 11.7 Å². The summed E-state index contributed by atoms with van der Waals surface area (Å²) in [5.74, 6) is -1.29. The molecule has 21 heavy (non-hydrogen) atoms. The number of nitro groups is 1. The Labute approximate surface area is 120 Å². The van der Waals surface area contributed by atoms with Gasteiger partial charge in [0.1, 0.15) is 6.20 Å². The van der Waals surface area contributed by atoms with E-state index in [0.29, 0.717) is 25.3 Å². The summed E-state index contributed by atoms with van der Waals surface area (Å²) >= 11 is 0. The van der Waals surface area contributed by atoms with Gasteiger partial charge in [0, 0.05) is 33.0 Å². The van der Waals surface area contributed by atoms with Crippen LogP contribution in [0.15, 0.2) is 6.20 Å². The van der Waals surface area contributed by atoms with Crippen LogP contribution in [0.4, 0.5) is 5.82 Å². The molecule has 9 nitrogen and oxygen atoms in total. The van der Waals surface area contributed by atoms with E-state index in [9.17, 15) is 19.7 Å². The average Bonchev–Trinajstić information content (AvgIpc) is 3.03. The van der Waals surface area contributed by atoms with E-state index >= 15 is 0 Å². The van der Waals surface area contributed by atoms with Crippen molar-refractivity contribution in [1.29, 1.82) is 0 Å². The SMILES string of the molecule is Cc1nc([N+](=O)[O-])cn1CCC(=O)N1CCC(C(=O)O)C1. The van der Waals surface area contributed by atoms with Gasteiger partial charge in [0.05, 0.1) is 5.92 Å². The molecule has 1 atom stereocenters. The van der Waals surface area contributed by atoms with Crippen LogP contribution < -0.4 is 0 Å². The van der Waals surface area contributed by atoms with Crippen molar-refractivity contribution in [2.75, 3.05) is 13.1 Å². The van der Waals surface area contributed by atoms with E-state index in [1.54, 1.807) is 11.5 Å². The predicted octanol–water partition coefficient (Wildman–Crippen LogP) is 0.423. The molecule has 1 aromatic heterocycles. The smallest absolute Gasteiger partial charge is 0.381 e. The molecular formula is C12H16N4O5. The van der Waals surface area contributed by atoms with Crippen LogP contribution in [0.3, 0.4) is 0 Å². The zero-order valence-corrected chi connectivity index (χ0v) is 11.6. The first-order valence-corrected chi connectivity index (χ1v) is 6.57. The molecule has 9 heteroatoms. The first-order chi connectivity index (χ1) is 9.88. The highest BCUT2D eigenvalue weighted by Crippen LogP contribution is 2.18. The number of nitrogens with zero attached hydrogens (tertiary/aromatic N) is 4. The maximum Gasteiger partial charge on any atom is 0.381 e. The van der Waals surface area contributed by atoms with Gasteiger partial charge in [-0.25, -0.2) is 0 Å². The number of hydrogen-bond donors (Lipinski definition) is 1. The molecule has 2 rings (SSSR count). The van der Waals surface area contributed by atoms with Crippen molar-refractivity contribution in [3.05, 3.63) is 22.1 Å². The molecule has 0 aromatic carbocycles. The molecule has 0 radical (unpaired) electrons. The largest absolute Gasteiger partial charge is 0.481 e. The molecule has 1 saturated heterocycles. The minimum atomic E-state index is -0.883. The highest BCUT2D eigenvalue weighted by Gasteiger charge is 2.30. The number of likely N-dealkylation sites (tertiary alicyclic amines) is 1. The maximum absolute atomic E-state index is 12.0. The molecule has 0 spiro atoms. The van der Waals surface area contributed by atoms with Crippen molar-refractivity contribution in [2.24, 2.45) is 5.92 Å². The molecule has 1 aliphatic rings. The fraction of sp³-hybridized carbons (Fsp3) is 0.583. The molecule has 1 unspecified atom stereocenters. The topological polar surface area (TPSA) is 119 Å². The summed E-state index contributed by atoms with van der Waals surface area (Å²) < 4.78 is 1.56. The molecule has 1 amide bonds. The van der Waals surface area contributed by atoms with E-state index in [0.717, 1.165) is 0 Å². The van der Waals surface area contributed by atoms with Gasteiger partial charge in [-0.05, 0) is 16.3 Å². The van der Waals surface area contributed by atoms with E-state index in [1.807, 2.05) is 0 Å². The summed E-state index contributed by atoms with van der Waals surface area (Å²) in [6.45, 7) is 2.60. The molecule has 0 bridgehead atoms. The Morgan fingerprint density at radius 2 is 2.29 bits per heavy atom. The summed E-state index contributed by atoms with van der Waals surface area (Å²) in [5, 5.41) is 19.5. The fourth-order valence-electron chi connectivity index (χ4n) is 2.37. The van der Waals surface area contributed by atoms with Crippen molar-refractivity contribution in [2.45, 2.75) is 26.3 Å². The lowest BCUT2D eigenvalue weighted by molar-refractivity contribution is -0.389. The Kier molecular flexibility index (Phi) is 4.20. The van der Waals surface area contributed by atoms with E-state index in [4.69, 9.17) is 5.11 Å². The molecular weight excluding hydrogens is 280 g/mol. The zero-order chi connectivity index (χ0) is 15.6. The molecule has 1 fully saturated rings. The Morgan fingerprint density at radius 1 is 1.57 bits per heavy atom. The number of aromatic nitrogens is 2. The number of aryl methyl sites for hydroxylation is 2. The van der Waals surface area contributed by atoms with Crippen molar-refractivity contribution >= 4 is 17.7 Å². The van der Waals surface area contributed by atoms with Crippen molar-refractivity contribution in [3.8, 4) is 0 Å². The van der Waals surface area contributed by atoms with Crippen LogP contribution in [0.5, 0.6) is 0 Å². The lowest BCUT2D eigenvalue weighted by Crippen LogP contribution is -2.30. The van der Waals surface area contributed by atoms with Crippen LogP contribution in [0.2, 0.25) is 0 Å². The number of aliphatic carboxylic acids is 1. The fourth-order valence-corrected chi connectivity index (χ4v) is 2.37. The first-order valence-electron chi connectivity index (χ1n) is 6.57. The molecule has 1 aliphatic heterocycles. The summed E-state index contributed by atoms with van der Waals surface area (Å²) in [6, 6.07) is 0. The van der Waals surface area contributed by atoms with Gasteiger partial charge >= 0.3 is 11.8 Å². The number of carbonyl (C=O) groups excluding carboxylic acids is 1. The molecule has 0 saturated carbocycles. The number of amides is 1. The number of carbonyl (C=O) groups is 2. The third-order valence-electron chi connectivity index (χ3n) is 3.61. The zero-order valence-electron chi connectivity index (χ0n) is 11.6. The normalized spacial score (nSPS) is 18.0. The number of carboxylic acid groups (broad SMARTS) is 1. The van der Waals surface area contributed by atoms with E-state index in [2.05, 4.69) is 4.98 Å². The molecule has 1 N–H and O–H groups in total. The summed E-state index contributed by atoms with van der Waals surface area (Å²) in [6.07, 6.45) is 1.93. The van der Waals surface area contributed by atoms with Gasteiger partial charge in [0.25, 0.3) is 0 Å². The molecule has 2 heterocycles. The van der Waals surface area contributed by atoms with Gasteiger partial charge in [-0.3, -0.25) is 9.59 Å². The van der Waals surface area contributed by atoms with Crippen LogP contribution in [0.25, 0.3) is 0 Å². The van der Waals surface area contributed by atoms with Crippen LogP contribution >= 0.6 is 0 Å². The van der Waals surface area contributed by atoms with Gasteiger partial charge in [0.15, 0.2) is 0 Å². The van der Waals surface area contributed by atoms with Crippen molar-refractivity contribution < 1.29 is 19.6 Å². The number of imidazole rings is 1. The number of carboxylic acids is 1. The summed E-state index contributed by atoms with van der Waals surface area (Å²) in [7, 11) is 0. The minimum Gasteiger partial charge on any atom is -0.481 e. The minimum absolute atomic E-state index is 0.144. The Morgan fingerprint density at radius 3 is 2.81 bits per heavy atom.